The molecule has 0 aliphatic heterocycles. The summed E-state index contributed by atoms with van der Waals surface area (Å²) in [5, 5.41) is 12.9. The highest BCUT2D eigenvalue weighted by atomic mass is 35.5. The van der Waals surface area contributed by atoms with E-state index in [-0.39, 0.29) is 12.0 Å². The van der Waals surface area contributed by atoms with Crippen molar-refractivity contribution in [2.24, 2.45) is 5.41 Å². The molecular formula is C13H21ClN2O3S. The summed E-state index contributed by atoms with van der Waals surface area (Å²) in [7, 11) is -3.34. The molecule has 0 fully saturated rings. The number of benzene rings is 1. The standard InChI is InChI=1S/C13H21ClN2O3S/c1-4-13(2,9-17)8-15-10-5-6-12(11(14)7-10)16-20(3,18)19/h5-7,15-17H,4,8-9H2,1-3H3. The normalized spacial score (nSPS) is 14.7. The van der Waals surface area contributed by atoms with Gasteiger partial charge in [0.2, 0.25) is 10.0 Å². The van der Waals surface area contributed by atoms with Crippen LogP contribution in [0.3, 0.4) is 0 Å². The van der Waals surface area contributed by atoms with E-state index < -0.39 is 10.0 Å². The van der Waals surface area contributed by atoms with Gasteiger partial charge in [-0.2, -0.15) is 0 Å². The summed E-state index contributed by atoms with van der Waals surface area (Å²) in [5.41, 5.74) is 0.929. The lowest BCUT2D eigenvalue weighted by Crippen LogP contribution is -2.29. The maximum Gasteiger partial charge on any atom is 0.229 e. The molecule has 1 aromatic carbocycles. The summed E-state index contributed by atoms with van der Waals surface area (Å²) >= 11 is 6.04. The lowest BCUT2D eigenvalue weighted by molar-refractivity contribution is 0.149. The van der Waals surface area contributed by atoms with Crippen molar-refractivity contribution in [2.75, 3.05) is 29.4 Å². The van der Waals surface area contributed by atoms with Gasteiger partial charge in [0.1, 0.15) is 0 Å². The molecule has 0 bridgehead atoms. The molecule has 7 heteroatoms. The Bertz CT molecular complexity index is 557. The maximum atomic E-state index is 11.2. The Labute approximate surface area is 125 Å². The second kappa shape index (κ2) is 6.65. The number of halogens is 1. The molecule has 20 heavy (non-hydrogen) atoms. The summed E-state index contributed by atoms with van der Waals surface area (Å²) in [6.45, 7) is 4.71. The second-order valence-electron chi connectivity index (χ2n) is 5.24. The van der Waals surface area contributed by atoms with E-state index in [4.69, 9.17) is 11.6 Å². The van der Waals surface area contributed by atoms with Gasteiger partial charge in [-0.05, 0) is 24.6 Å². The van der Waals surface area contributed by atoms with E-state index in [0.29, 0.717) is 17.3 Å². The van der Waals surface area contributed by atoms with Crippen molar-refractivity contribution < 1.29 is 13.5 Å². The lowest BCUT2D eigenvalue weighted by atomic mass is 9.88. The summed E-state index contributed by atoms with van der Waals surface area (Å²) in [4.78, 5) is 0. The van der Waals surface area contributed by atoms with Crippen molar-refractivity contribution in [1.82, 2.24) is 0 Å². The molecule has 1 unspecified atom stereocenters. The monoisotopic (exact) mass is 320 g/mol. The smallest absolute Gasteiger partial charge is 0.229 e. The highest BCUT2D eigenvalue weighted by Crippen LogP contribution is 2.27. The summed E-state index contributed by atoms with van der Waals surface area (Å²) < 4.78 is 24.7. The molecule has 1 rings (SSSR count). The molecule has 3 N–H and O–H groups in total. The topological polar surface area (TPSA) is 78.4 Å². The van der Waals surface area contributed by atoms with Crippen LogP contribution in [0.1, 0.15) is 20.3 Å². The van der Waals surface area contributed by atoms with E-state index in [0.717, 1.165) is 18.4 Å². The van der Waals surface area contributed by atoms with E-state index in [9.17, 15) is 13.5 Å². The van der Waals surface area contributed by atoms with Crippen LogP contribution in [0, 0.1) is 5.41 Å². The summed E-state index contributed by atoms with van der Waals surface area (Å²) in [6, 6.07) is 5.00. The minimum Gasteiger partial charge on any atom is -0.396 e. The molecule has 114 valence electrons. The average molecular weight is 321 g/mol. The fourth-order valence-corrected chi connectivity index (χ4v) is 2.38. The first-order valence-corrected chi connectivity index (χ1v) is 8.58. The Morgan fingerprint density at radius 2 is 2.05 bits per heavy atom. The predicted octanol–water partition coefficient (Wildman–Crippen LogP) is 2.53. The number of anilines is 2. The molecule has 0 aliphatic carbocycles. The van der Waals surface area contributed by atoms with Crippen molar-refractivity contribution in [2.45, 2.75) is 20.3 Å². The Kier molecular flexibility index (Phi) is 5.68. The Morgan fingerprint density at radius 3 is 2.50 bits per heavy atom. The molecular weight excluding hydrogens is 300 g/mol. The Hall–Kier alpha value is -0.980. The summed E-state index contributed by atoms with van der Waals surface area (Å²) in [6.07, 6.45) is 1.92. The van der Waals surface area contributed by atoms with Gasteiger partial charge in [0.25, 0.3) is 0 Å². The Balaban J connectivity index is 2.78. The highest BCUT2D eigenvalue weighted by Gasteiger charge is 2.20. The van der Waals surface area contributed by atoms with Crippen LogP contribution in [-0.4, -0.2) is 32.9 Å². The molecule has 0 saturated carbocycles. The quantitative estimate of drug-likeness (QED) is 0.721. The van der Waals surface area contributed by atoms with E-state index in [1.165, 1.54) is 0 Å². The lowest BCUT2D eigenvalue weighted by Gasteiger charge is -2.26. The molecule has 0 amide bonds. The zero-order valence-corrected chi connectivity index (χ0v) is 13.5. The first kappa shape index (κ1) is 17.1. The molecule has 1 atom stereocenters. The SMILES string of the molecule is CCC(C)(CO)CNc1ccc(NS(C)(=O)=O)c(Cl)c1. The third-order valence-electron chi connectivity index (χ3n) is 3.22. The molecule has 0 spiro atoms. The molecule has 0 aromatic heterocycles. The van der Waals surface area contributed by atoms with Crippen LogP contribution in [0.5, 0.6) is 0 Å². The predicted molar refractivity (Wildman–Crippen MR) is 83.9 cm³/mol. The number of hydrogen-bond acceptors (Lipinski definition) is 4. The zero-order chi connectivity index (χ0) is 15.4. The molecule has 0 aliphatic rings. The van der Waals surface area contributed by atoms with Crippen molar-refractivity contribution in [3.05, 3.63) is 23.2 Å². The third-order valence-corrected chi connectivity index (χ3v) is 4.12. The number of aliphatic hydroxyl groups excluding tert-OH is 1. The van der Waals surface area contributed by atoms with Gasteiger partial charge >= 0.3 is 0 Å². The van der Waals surface area contributed by atoms with Gasteiger partial charge in [-0.1, -0.05) is 25.4 Å². The highest BCUT2D eigenvalue weighted by molar-refractivity contribution is 7.92. The molecule has 0 heterocycles. The van der Waals surface area contributed by atoms with Crippen LogP contribution in [0.2, 0.25) is 5.02 Å². The van der Waals surface area contributed by atoms with Crippen LogP contribution in [0.4, 0.5) is 11.4 Å². The van der Waals surface area contributed by atoms with Gasteiger partial charge in [0, 0.05) is 17.6 Å². The van der Waals surface area contributed by atoms with Crippen LogP contribution < -0.4 is 10.0 Å². The number of sulfonamides is 1. The maximum absolute atomic E-state index is 11.2. The minimum atomic E-state index is -3.34. The second-order valence-corrected chi connectivity index (χ2v) is 7.40. The van der Waals surface area contributed by atoms with E-state index in [1.54, 1.807) is 18.2 Å². The van der Waals surface area contributed by atoms with Gasteiger partial charge in [-0.25, -0.2) is 8.42 Å². The van der Waals surface area contributed by atoms with E-state index in [1.807, 2.05) is 13.8 Å². The Morgan fingerprint density at radius 1 is 1.40 bits per heavy atom. The number of hydrogen-bond donors (Lipinski definition) is 3. The summed E-state index contributed by atoms with van der Waals surface area (Å²) in [5.74, 6) is 0. The fraction of sp³-hybridized carbons (Fsp3) is 0.538. The molecule has 0 radical (unpaired) electrons. The van der Waals surface area contributed by atoms with E-state index in [2.05, 4.69) is 10.0 Å². The molecule has 0 saturated heterocycles. The van der Waals surface area contributed by atoms with Crippen LogP contribution in [0.25, 0.3) is 0 Å². The van der Waals surface area contributed by atoms with E-state index >= 15 is 0 Å². The minimum absolute atomic E-state index is 0.0952. The van der Waals surface area contributed by atoms with Crippen molar-refractivity contribution in [1.29, 1.82) is 0 Å². The van der Waals surface area contributed by atoms with Gasteiger partial charge in [0.05, 0.1) is 23.6 Å². The van der Waals surface area contributed by atoms with Gasteiger partial charge in [-0.3, -0.25) is 4.72 Å². The van der Waals surface area contributed by atoms with Crippen LogP contribution >= 0.6 is 11.6 Å². The van der Waals surface area contributed by atoms with Gasteiger partial charge < -0.3 is 10.4 Å². The molecule has 1 aromatic rings. The third kappa shape index (κ3) is 5.19. The first-order chi connectivity index (χ1) is 9.19. The first-order valence-electron chi connectivity index (χ1n) is 6.31. The van der Waals surface area contributed by atoms with Crippen LogP contribution in [0.15, 0.2) is 18.2 Å². The van der Waals surface area contributed by atoms with Gasteiger partial charge in [0.15, 0.2) is 0 Å². The van der Waals surface area contributed by atoms with Crippen molar-refractivity contribution >= 4 is 33.0 Å². The molecule has 5 nitrogen and oxygen atoms in total. The van der Waals surface area contributed by atoms with Crippen molar-refractivity contribution in [3.63, 3.8) is 0 Å². The largest absolute Gasteiger partial charge is 0.396 e. The fourth-order valence-electron chi connectivity index (χ4n) is 1.52. The van der Waals surface area contributed by atoms with Gasteiger partial charge in [-0.15, -0.1) is 0 Å². The number of nitrogens with one attached hydrogen (secondary N) is 2. The average Bonchev–Trinajstić information content (AvgIpc) is 2.37. The van der Waals surface area contributed by atoms with Crippen molar-refractivity contribution in [3.8, 4) is 0 Å². The van der Waals surface area contributed by atoms with Crippen LogP contribution in [-0.2, 0) is 10.0 Å². The number of aliphatic hydroxyl groups is 1. The zero-order valence-electron chi connectivity index (χ0n) is 11.9. The number of rotatable bonds is 7.